The monoisotopic (exact) mass is 287 g/mol. The first-order chi connectivity index (χ1) is 9.25. The number of hydrogen-bond acceptors (Lipinski definition) is 4. The number of nitro benzene ring substituents is 1. The summed E-state index contributed by atoms with van der Waals surface area (Å²) < 4.78 is 41.9. The highest BCUT2D eigenvalue weighted by molar-refractivity contribution is 5.72. The molecule has 0 aliphatic rings. The smallest absolute Gasteiger partial charge is 0.422 e. The van der Waals surface area contributed by atoms with Gasteiger partial charge in [0.05, 0.1) is 12.0 Å². The van der Waals surface area contributed by atoms with E-state index in [1.54, 1.807) is 0 Å². The zero-order chi connectivity index (χ0) is 15.3. The average Bonchev–Trinajstić information content (AvgIpc) is 2.37. The van der Waals surface area contributed by atoms with Crippen molar-refractivity contribution >= 4 is 11.7 Å². The molecule has 0 unspecified atom stereocenters. The van der Waals surface area contributed by atoms with Gasteiger partial charge in [0.1, 0.15) is 12.0 Å². The van der Waals surface area contributed by atoms with Gasteiger partial charge in [-0.15, -0.1) is 0 Å². The van der Waals surface area contributed by atoms with Gasteiger partial charge in [0.25, 0.3) is 5.69 Å². The van der Waals surface area contributed by atoms with Crippen LogP contribution in [0.1, 0.15) is 17.5 Å². The molecule has 0 saturated carbocycles. The molecule has 0 aliphatic heterocycles. The molecule has 106 valence electrons. The second-order valence-corrected chi connectivity index (χ2v) is 3.54. The molecule has 1 rings (SSSR count). The van der Waals surface area contributed by atoms with Crippen molar-refractivity contribution in [3.05, 3.63) is 39.4 Å². The molecule has 5 nitrogen and oxygen atoms in total. The van der Waals surface area contributed by atoms with Crippen molar-refractivity contribution in [2.45, 2.75) is 12.6 Å². The minimum atomic E-state index is -4.82. The molecule has 0 spiro atoms. The maximum atomic E-state index is 12.5. The topological polar surface area (TPSA) is 69.4 Å². The van der Waals surface area contributed by atoms with Gasteiger partial charge in [-0.25, -0.2) is 0 Å². The molecule has 0 saturated heterocycles. The Bertz CT molecular complexity index is 599. The fraction of sp³-hybridized carbons (Fsp3) is 0.250. The van der Waals surface area contributed by atoms with Crippen LogP contribution < -0.4 is 0 Å². The van der Waals surface area contributed by atoms with Crippen molar-refractivity contribution in [2.75, 3.05) is 7.11 Å². The van der Waals surface area contributed by atoms with E-state index in [0.29, 0.717) is 12.1 Å². The number of hydrogen-bond donors (Lipinski definition) is 0. The van der Waals surface area contributed by atoms with Gasteiger partial charge in [-0.3, -0.25) is 14.9 Å². The van der Waals surface area contributed by atoms with Crippen LogP contribution in [0, 0.1) is 22.0 Å². The summed E-state index contributed by atoms with van der Waals surface area (Å²) in [7, 11) is 1.16. The number of alkyl halides is 3. The number of methoxy groups -OCH3 is 1. The van der Waals surface area contributed by atoms with Gasteiger partial charge in [0.15, 0.2) is 0 Å². The van der Waals surface area contributed by atoms with Crippen molar-refractivity contribution in [1.82, 2.24) is 0 Å². The Hall–Kier alpha value is -2.56. The summed E-state index contributed by atoms with van der Waals surface area (Å²) in [4.78, 5) is 20.3. The highest BCUT2D eigenvalue weighted by Gasteiger charge is 2.38. The first-order valence-electron chi connectivity index (χ1n) is 5.17. The first kappa shape index (κ1) is 15.5. The second kappa shape index (κ2) is 6.06. The molecule has 0 aromatic heterocycles. The molecular weight excluding hydrogens is 279 g/mol. The number of rotatable bonds is 2. The predicted molar refractivity (Wildman–Crippen MR) is 61.6 cm³/mol. The molecule has 0 radical (unpaired) electrons. The second-order valence-electron chi connectivity index (χ2n) is 3.54. The van der Waals surface area contributed by atoms with E-state index in [0.717, 1.165) is 13.2 Å². The molecule has 20 heavy (non-hydrogen) atoms. The molecule has 8 heteroatoms. The Morgan fingerprint density at radius 2 is 2.10 bits per heavy atom. The maximum Gasteiger partial charge on any atom is 0.422 e. The number of carbonyl (C=O) groups excluding carboxylic acids is 1. The van der Waals surface area contributed by atoms with E-state index in [1.165, 1.54) is 0 Å². The molecule has 0 N–H and O–H groups in total. The van der Waals surface area contributed by atoms with E-state index in [9.17, 15) is 28.1 Å². The molecule has 0 fully saturated rings. The van der Waals surface area contributed by atoms with Crippen molar-refractivity contribution in [3.8, 4) is 11.8 Å². The van der Waals surface area contributed by atoms with E-state index in [-0.39, 0.29) is 12.0 Å². The normalized spacial score (nSPS) is 10.4. The van der Waals surface area contributed by atoms with Crippen molar-refractivity contribution in [1.29, 1.82) is 0 Å². The van der Waals surface area contributed by atoms with Gasteiger partial charge in [0, 0.05) is 11.6 Å². The fourth-order valence-corrected chi connectivity index (χ4v) is 1.29. The van der Waals surface area contributed by atoms with Crippen LogP contribution in [0.25, 0.3) is 0 Å². The minimum Gasteiger partial charge on any atom is -0.468 e. The lowest BCUT2D eigenvalue weighted by molar-refractivity contribution is -0.388. The Labute approximate surface area is 111 Å². The zero-order valence-electron chi connectivity index (χ0n) is 10.2. The molecule has 0 aliphatic carbocycles. The standard InChI is InChI=1S/C12H8F3NO4/c1-20-11(17)4-2-3-8-5-6-9(12(13,14)15)10(7-8)16(18)19/h5-7H,4H2,1H3. The molecule has 0 bridgehead atoms. The quantitative estimate of drug-likeness (QED) is 0.363. The van der Waals surface area contributed by atoms with Crippen molar-refractivity contribution in [3.63, 3.8) is 0 Å². The van der Waals surface area contributed by atoms with Crippen LogP contribution in [0.2, 0.25) is 0 Å². The molecule has 0 atom stereocenters. The van der Waals surface area contributed by atoms with Crippen LogP contribution in [0.3, 0.4) is 0 Å². The predicted octanol–water partition coefficient (Wildman–Crippen LogP) is 2.53. The maximum absolute atomic E-state index is 12.5. The number of nitrogens with zero attached hydrogens (tertiary/aromatic N) is 1. The summed E-state index contributed by atoms with van der Waals surface area (Å²) in [6.45, 7) is 0. The van der Waals surface area contributed by atoms with Crippen LogP contribution in [0.15, 0.2) is 18.2 Å². The lowest BCUT2D eigenvalue weighted by atomic mass is 10.1. The molecule has 0 heterocycles. The van der Waals surface area contributed by atoms with Crippen molar-refractivity contribution < 1.29 is 27.6 Å². The van der Waals surface area contributed by atoms with Crippen LogP contribution >= 0.6 is 0 Å². The lowest BCUT2D eigenvalue weighted by Crippen LogP contribution is -2.09. The van der Waals surface area contributed by atoms with Crippen molar-refractivity contribution in [2.24, 2.45) is 0 Å². The minimum absolute atomic E-state index is 0.00797. The average molecular weight is 287 g/mol. The van der Waals surface area contributed by atoms with Crippen LogP contribution in [-0.4, -0.2) is 18.0 Å². The number of esters is 1. The van der Waals surface area contributed by atoms with E-state index >= 15 is 0 Å². The molecular formula is C12H8F3NO4. The van der Waals surface area contributed by atoms with Gasteiger partial charge < -0.3 is 4.74 Å². The van der Waals surface area contributed by atoms with Gasteiger partial charge in [-0.2, -0.15) is 13.2 Å². The van der Waals surface area contributed by atoms with Crippen LogP contribution in [0.5, 0.6) is 0 Å². The fourth-order valence-electron chi connectivity index (χ4n) is 1.29. The largest absolute Gasteiger partial charge is 0.468 e. The highest BCUT2D eigenvalue weighted by Crippen LogP contribution is 2.36. The third-order valence-corrected chi connectivity index (χ3v) is 2.19. The van der Waals surface area contributed by atoms with E-state index in [1.807, 2.05) is 0 Å². The van der Waals surface area contributed by atoms with E-state index in [4.69, 9.17) is 0 Å². The summed E-state index contributed by atoms with van der Waals surface area (Å²) in [6.07, 6.45) is -5.08. The van der Waals surface area contributed by atoms with Gasteiger partial charge >= 0.3 is 12.1 Å². The van der Waals surface area contributed by atoms with Crippen LogP contribution in [-0.2, 0) is 15.7 Å². The number of ether oxygens (including phenoxy) is 1. The Morgan fingerprint density at radius 1 is 1.45 bits per heavy atom. The summed E-state index contributed by atoms with van der Waals surface area (Å²) in [6, 6.07) is 2.30. The molecule has 0 amide bonds. The number of carbonyl (C=O) groups is 1. The third kappa shape index (κ3) is 3.98. The lowest BCUT2D eigenvalue weighted by Gasteiger charge is -2.07. The SMILES string of the molecule is COC(=O)CC#Cc1ccc(C(F)(F)F)c([N+](=O)[O-])c1. The van der Waals surface area contributed by atoms with E-state index in [2.05, 4.69) is 16.6 Å². The Balaban J connectivity index is 3.12. The number of nitro groups is 1. The number of benzene rings is 1. The van der Waals surface area contributed by atoms with Gasteiger partial charge in [-0.1, -0.05) is 11.8 Å². The summed E-state index contributed by atoms with van der Waals surface area (Å²) in [5.41, 5.74) is -2.42. The number of halogens is 3. The summed E-state index contributed by atoms with van der Waals surface area (Å²) >= 11 is 0. The van der Waals surface area contributed by atoms with Gasteiger partial charge in [0.2, 0.25) is 0 Å². The molecule has 1 aromatic carbocycles. The Morgan fingerprint density at radius 3 is 2.60 bits per heavy atom. The van der Waals surface area contributed by atoms with Gasteiger partial charge in [-0.05, 0) is 12.1 Å². The van der Waals surface area contributed by atoms with E-state index < -0.39 is 28.3 Å². The Kier molecular flexibility index (Phi) is 4.69. The highest BCUT2D eigenvalue weighted by atomic mass is 19.4. The summed E-state index contributed by atoms with van der Waals surface area (Å²) in [5, 5.41) is 10.6. The van der Waals surface area contributed by atoms with Crippen LogP contribution in [0.4, 0.5) is 18.9 Å². The zero-order valence-corrected chi connectivity index (χ0v) is 10.2. The summed E-state index contributed by atoms with van der Waals surface area (Å²) in [5.74, 6) is 4.10. The molecule has 1 aromatic rings. The first-order valence-corrected chi connectivity index (χ1v) is 5.17. The third-order valence-electron chi connectivity index (χ3n) is 2.19.